The molecule has 1 fully saturated rings. The van der Waals surface area contributed by atoms with Crippen molar-refractivity contribution in [2.75, 3.05) is 25.0 Å². The molecule has 2 aromatic rings. The summed E-state index contributed by atoms with van der Waals surface area (Å²) in [6.07, 6.45) is 3.76. The number of aliphatic imine (C=N–C) groups is 1. The molecule has 0 aromatic heterocycles. The second-order valence-corrected chi connectivity index (χ2v) is 11.6. The van der Waals surface area contributed by atoms with E-state index in [2.05, 4.69) is 15.0 Å². The van der Waals surface area contributed by atoms with E-state index >= 15 is 0 Å². The number of fused-ring (bicyclic) bond motifs is 1. The average Bonchev–Trinajstić information content (AvgIpc) is 2.96. The van der Waals surface area contributed by atoms with E-state index in [9.17, 15) is 21.6 Å². The van der Waals surface area contributed by atoms with E-state index < -0.39 is 20.0 Å². The van der Waals surface area contributed by atoms with Gasteiger partial charge in [0.2, 0.25) is 15.9 Å². The predicted octanol–water partition coefficient (Wildman–Crippen LogP) is 2.32. The number of nitrogens with one attached hydrogen (secondary N) is 2. The van der Waals surface area contributed by atoms with E-state index in [1.165, 1.54) is 22.5 Å². The SMILES string of the molecule is O=C(CCN=C1NS(=O)(=O)c2ccccc21)Nc1cccc(S(=O)(=O)N2CCCCCC2)c1. The maximum absolute atomic E-state index is 13.0. The fourth-order valence-corrected chi connectivity index (χ4v) is 6.72. The van der Waals surface area contributed by atoms with Gasteiger partial charge in [-0.2, -0.15) is 4.31 Å². The van der Waals surface area contributed by atoms with Crippen LogP contribution in [0.25, 0.3) is 0 Å². The smallest absolute Gasteiger partial charge is 0.263 e. The zero-order valence-electron chi connectivity index (χ0n) is 18.0. The molecular weight excluding hydrogens is 464 g/mol. The first-order valence-corrected chi connectivity index (χ1v) is 13.8. The Kier molecular flexibility index (Phi) is 6.82. The molecule has 33 heavy (non-hydrogen) atoms. The summed E-state index contributed by atoms with van der Waals surface area (Å²) < 4.78 is 54.1. The van der Waals surface area contributed by atoms with E-state index in [1.807, 2.05) is 0 Å². The van der Waals surface area contributed by atoms with Crippen LogP contribution in [0.15, 0.2) is 63.3 Å². The van der Waals surface area contributed by atoms with Crippen molar-refractivity contribution in [1.29, 1.82) is 0 Å². The molecule has 11 heteroatoms. The number of amidine groups is 1. The highest BCUT2D eigenvalue weighted by Gasteiger charge is 2.30. The van der Waals surface area contributed by atoms with Crippen molar-refractivity contribution in [1.82, 2.24) is 9.03 Å². The number of carbonyl (C=O) groups is 1. The maximum atomic E-state index is 13.0. The largest absolute Gasteiger partial charge is 0.326 e. The Bertz CT molecular complexity index is 1280. The lowest BCUT2D eigenvalue weighted by atomic mass is 10.2. The molecule has 1 saturated heterocycles. The molecule has 2 heterocycles. The summed E-state index contributed by atoms with van der Waals surface area (Å²) >= 11 is 0. The number of carbonyl (C=O) groups excluding carboxylic acids is 1. The molecule has 0 saturated carbocycles. The van der Waals surface area contributed by atoms with E-state index in [-0.39, 0.29) is 34.5 Å². The topological polar surface area (TPSA) is 125 Å². The Morgan fingerprint density at radius 3 is 2.52 bits per heavy atom. The molecule has 2 aromatic carbocycles. The van der Waals surface area contributed by atoms with Gasteiger partial charge in [0.15, 0.2) is 0 Å². The molecule has 2 N–H and O–H groups in total. The number of sulfonamides is 2. The van der Waals surface area contributed by atoms with Crippen LogP contribution in [0, 0.1) is 0 Å². The molecule has 0 radical (unpaired) electrons. The van der Waals surface area contributed by atoms with Crippen molar-refractivity contribution in [2.24, 2.45) is 4.99 Å². The summed E-state index contributed by atoms with van der Waals surface area (Å²) in [6.45, 7) is 1.09. The molecule has 0 bridgehead atoms. The normalized spacial score (nSPS) is 19.5. The van der Waals surface area contributed by atoms with Gasteiger partial charge in [-0.15, -0.1) is 0 Å². The van der Waals surface area contributed by atoms with Gasteiger partial charge in [-0.05, 0) is 43.2 Å². The predicted molar refractivity (Wildman–Crippen MR) is 125 cm³/mol. The third-order valence-corrected chi connectivity index (χ3v) is 8.88. The molecule has 0 aliphatic carbocycles. The van der Waals surface area contributed by atoms with Crippen LogP contribution in [0.5, 0.6) is 0 Å². The van der Waals surface area contributed by atoms with Crippen molar-refractivity contribution < 1.29 is 21.6 Å². The van der Waals surface area contributed by atoms with E-state index in [1.54, 1.807) is 30.3 Å². The van der Waals surface area contributed by atoms with Crippen LogP contribution in [0.3, 0.4) is 0 Å². The molecule has 0 unspecified atom stereocenters. The number of hydrogen-bond donors (Lipinski definition) is 2. The van der Waals surface area contributed by atoms with Gasteiger partial charge in [0, 0.05) is 30.8 Å². The van der Waals surface area contributed by atoms with Crippen molar-refractivity contribution in [3.05, 3.63) is 54.1 Å². The summed E-state index contributed by atoms with van der Waals surface area (Å²) in [4.78, 5) is 16.9. The van der Waals surface area contributed by atoms with Crippen molar-refractivity contribution >= 4 is 37.5 Å². The fraction of sp³-hybridized carbons (Fsp3) is 0.364. The molecule has 176 valence electrons. The first-order valence-electron chi connectivity index (χ1n) is 10.8. The molecule has 1 amide bonds. The van der Waals surface area contributed by atoms with E-state index in [0.717, 1.165) is 25.7 Å². The number of benzene rings is 2. The fourth-order valence-electron chi connectivity index (χ4n) is 3.91. The monoisotopic (exact) mass is 490 g/mol. The molecule has 2 aliphatic heterocycles. The number of anilines is 1. The van der Waals surface area contributed by atoms with Gasteiger partial charge >= 0.3 is 0 Å². The molecule has 0 atom stereocenters. The van der Waals surface area contributed by atoms with Crippen LogP contribution in [0.1, 0.15) is 37.7 Å². The second-order valence-electron chi connectivity index (χ2n) is 7.98. The molecule has 0 spiro atoms. The molecule has 4 rings (SSSR count). The number of hydrogen-bond acceptors (Lipinski definition) is 6. The standard InChI is InChI=1S/C22H26N4O5S2/c27-21(12-13-23-22-19-10-3-4-11-20(19)32(28,29)25-22)24-17-8-7-9-18(16-17)33(30,31)26-14-5-1-2-6-15-26/h3-4,7-11,16H,1-2,5-6,12-15H2,(H,23,25)(H,24,27). The minimum atomic E-state index is -3.63. The zero-order valence-corrected chi connectivity index (χ0v) is 19.7. The lowest BCUT2D eigenvalue weighted by Crippen LogP contribution is -2.32. The van der Waals surface area contributed by atoms with Gasteiger partial charge < -0.3 is 5.32 Å². The zero-order chi connectivity index (χ0) is 23.5. The Hall–Kier alpha value is -2.76. The van der Waals surface area contributed by atoms with Crippen LogP contribution in [0.4, 0.5) is 5.69 Å². The Morgan fingerprint density at radius 2 is 1.76 bits per heavy atom. The molecular formula is C22H26N4O5S2. The summed E-state index contributed by atoms with van der Waals surface area (Å²) in [5.41, 5.74) is 0.861. The van der Waals surface area contributed by atoms with E-state index in [4.69, 9.17) is 0 Å². The highest BCUT2D eigenvalue weighted by atomic mass is 32.2. The second kappa shape index (κ2) is 9.62. The van der Waals surface area contributed by atoms with Gasteiger partial charge in [0.1, 0.15) is 5.84 Å². The summed E-state index contributed by atoms with van der Waals surface area (Å²) in [5.74, 6) is -0.137. The van der Waals surface area contributed by atoms with Crippen molar-refractivity contribution in [3.63, 3.8) is 0 Å². The van der Waals surface area contributed by atoms with Crippen LogP contribution >= 0.6 is 0 Å². The lowest BCUT2D eigenvalue weighted by Gasteiger charge is -2.20. The van der Waals surface area contributed by atoms with Crippen LogP contribution < -0.4 is 10.0 Å². The summed E-state index contributed by atoms with van der Waals surface area (Å²) in [5, 5.41) is 2.70. The minimum absolute atomic E-state index is 0.0104. The lowest BCUT2D eigenvalue weighted by molar-refractivity contribution is -0.116. The Morgan fingerprint density at radius 1 is 1.03 bits per heavy atom. The van der Waals surface area contributed by atoms with Gasteiger partial charge in [0.05, 0.1) is 16.3 Å². The van der Waals surface area contributed by atoms with Crippen molar-refractivity contribution in [2.45, 2.75) is 41.9 Å². The first kappa shape index (κ1) is 23.4. The Labute approximate surface area is 194 Å². The molecule has 2 aliphatic rings. The highest BCUT2D eigenvalue weighted by molar-refractivity contribution is 7.90. The third kappa shape index (κ3) is 5.26. The van der Waals surface area contributed by atoms with Crippen LogP contribution in [0.2, 0.25) is 0 Å². The Balaban J connectivity index is 1.39. The summed E-state index contributed by atoms with van der Waals surface area (Å²) in [6, 6.07) is 12.7. The van der Waals surface area contributed by atoms with Crippen LogP contribution in [-0.2, 0) is 24.8 Å². The first-order chi connectivity index (χ1) is 15.8. The average molecular weight is 491 g/mol. The molecule has 9 nitrogen and oxygen atoms in total. The quantitative estimate of drug-likeness (QED) is 0.643. The number of rotatable bonds is 6. The summed E-state index contributed by atoms with van der Waals surface area (Å²) in [7, 11) is -7.24. The van der Waals surface area contributed by atoms with E-state index in [0.29, 0.717) is 24.3 Å². The maximum Gasteiger partial charge on any atom is 0.263 e. The van der Waals surface area contributed by atoms with Gasteiger partial charge in [-0.3, -0.25) is 14.5 Å². The minimum Gasteiger partial charge on any atom is -0.326 e. The number of nitrogens with zero attached hydrogens (tertiary/aromatic N) is 2. The van der Waals surface area contributed by atoms with Crippen LogP contribution in [-0.4, -0.2) is 52.5 Å². The van der Waals surface area contributed by atoms with Gasteiger partial charge in [0.25, 0.3) is 10.0 Å². The van der Waals surface area contributed by atoms with Crippen molar-refractivity contribution in [3.8, 4) is 0 Å². The third-order valence-electron chi connectivity index (χ3n) is 5.59. The van der Waals surface area contributed by atoms with Gasteiger partial charge in [-0.25, -0.2) is 16.8 Å². The highest BCUT2D eigenvalue weighted by Crippen LogP contribution is 2.24. The van der Waals surface area contributed by atoms with Gasteiger partial charge in [-0.1, -0.05) is 31.0 Å². The number of amides is 1.